The summed E-state index contributed by atoms with van der Waals surface area (Å²) < 4.78 is 38.5. The van der Waals surface area contributed by atoms with Crippen LogP contribution in [0.1, 0.15) is 18.4 Å². The molecule has 1 fully saturated rings. The Labute approximate surface area is 239 Å². The molecule has 0 saturated carbocycles. The first-order chi connectivity index (χ1) is 18.8. The van der Waals surface area contributed by atoms with Crippen molar-refractivity contribution < 1.29 is 32.8 Å². The van der Waals surface area contributed by atoms with E-state index < -0.39 is 24.0 Å². The van der Waals surface area contributed by atoms with Crippen LogP contribution in [-0.4, -0.2) is 76.3 Å². The first-order valence-electron chi connectivity index (χ1n) is 11.8. The minimum atomic E-state index is -1.18. The second-order valence-electron chi connectivity index (χ2n) is 8.15. The molecule has 2 aliphatic rings. The largest absolute Gasteiger partial charge is 0.478 e. The molecule has 2 aromatic rings. The van der Waals surface area contributed by atoms with E-state index in [4.69, 9.17) is 26.0 Å². The number of ether oxygens (including phenoxy) is 1. The minimum Gasteiger partial charge on any atom is -0.478 e. The molecule has 0 spiro atoms. The monoisotopic (exact) mass is 602 g/mol. The number of hydrogen-bond acceptors (Lipinski definition) is 10. The maximum Gasteiger partial charge on any atom is 0.337 e. The molecule has 4 rings (SSSR count). The number of benzene rings is 1. The number of nitrogens with zero attached hydrogens (tertiary/aromatic N) is 3. The number of carbonyl (C=O) groups is 2. The number of alkyl halides is 1. The summed E-state index contributed by atoms with van der Waals surface area (Å²) in [5, 5.41) is 14.9. The smallest absolute Gasteiger partial charge is 0.337 e. The second kappa shape index (κ2) is 17.0. The summed E-state index contributed by atoms with van der Waals surface area (Å²) in [7, 11) is 0. The lowest BCUT2D eigenvalue weighted by molar-refractivity contribution is -0.138. The number of hydrogen-bond donors (Lipinski definition) is 4. The van der Waals surface area contributed by atoms with Crippen molar-refractivity contribution in [1.29, 1.82) is 0 Å². The molecular weight excluding hydrogens is 574 g/mol. The minimum absolute atomic E-state index is 0.152. The van der Waals surface area contributed by atoms with Crippen molar-refractivity contribution in [2.24, 2.45) is 10.9 Å². The van der Waals surface area contributed by atoms with Crippen molar-refractivity contribution in [1.82, 2.24) is 15.2 Å². The Morgan fingerprint density at radius 3 is 2.72 bits per heavy atom. The molecule has 0 amide bonds. The average molecular weight is 603 g/mol. The summed E-state index contributed by atoms with van der Waals surface area (Å²) in [5.74, 6) is -1.65. The molecule has 2 unspecified atom stereocenters. The summed E-state index contributed by atoms with van der Waals surface area (Å²) in [6.07, 6.45) is 3.41. The highest BCUT2D eigenvalue weighted by Gasteiger charge is 2.30. The van der Waals surface area contributed by atoms with Crippen LogP contribution >= 0.6 is 35.8 Å². The zero-order chi connectivity index (χ0) is 28.8. The molecule has 3 N–H and O–H groups in total. The first kappa shape index (κ1) is 32.4. The van der Waals surface area contributed by atoms with Gasteiger partial charge in [0.1, 0.15) is 12.0 Å². The highest BCUT2D eigenvalue weighted by molar-refractivity contribution is 7.74. The van der Waals surface area contributed by atoms with Gasteiger partial charge in [-0.3, -0.25) is 9.89 Å². The molecule has 0 radical (unpaired) electrons. The van der Waals surface area contributed by atoms with E-state index in [9.17, 15) is 18.4 Å². The fourth-order valence-electron chi connectivity index (χ4n) is 3.75. The summed E-state index contributed by atoms with van der Waals surface area (Å²) in [4.78, 5) is 33.6. The van der Waals surface area contributed by atoms with Crippen LogP contribution in [0.5, 0.6) is 0 Å². The number of thiol groups is 1. The summed E-state index contributed by atoms with van der Waals surface area (Å²) >= 11 is 9.37. The Morgan fingerprint density at radius 1 is 1.38 bits per heavy atom. The third-order valence-corrected chi connectivity index (χ3v) is 6.53. The van der Waals surface area contributed by atoms with Crippen LogP contribution in [0.2, 0.25) is 5.02 Å². The SMILES string of the molecule is CCOC(=O)C1=C(CN2CCC(/C=C/C(=O)O)C(F)C2)NC(c2nccs2)=NC1.Fc1cccc(Cl)c1.OS. The molecule has 14 heteroatoms. The van der Waals surface area contributed by atoms with Gasteiger partial charge < -0.3 is 19.7 Å². The maximum atomic E-state index is 14.5. The normalized spacial score (nSPS) is 19.2. The van der Waals surface area contributed by atoms with E-state index in [1.807, 2.05) is 10.3 Å². The van der Waals surface area contributed by atoms with Crippen molar-refractivity contribution in [2.45, 2.75) is 19.5 Å². The highest BCUT2D eigenvalue weighted by Crippen LogP contribution is 2.24. The zero-order valence-electron chi connectivity index (χ0n) is 21.0. The van der Waals surface area contributed by atoms with Crippen LogP contribution in [0.25, 0.3) is 0 Å². The third kappa shape index (κ3) is 10.7. The third-order valence-electron chi connectivity index (χ3n) is 5.52. The van der Waals surface area contributed by atoms with E-state index in [1.54, 1.807) is 25.3 Å². The number of carboxylic acid groups (broad SMARTS) is 1. The molecular formula is C25H29ClF2N4O5S2. The molecule has 2 atom stereocenters. The Kier molecular flexibility index (Phi) is 14.1. The number of likely N-dealkylation sites (tertiary alicyclic amines) is 1. The van der Waals surface area contributed by atoms with Crippen LogP contribution in [0.3, 0.4) is 0 Å². The van der Waals surface area contributed by atoms with E-state index in [-0.39, 0.29) is 25.5 Å². The van der Waals surface area contributed by atoms with E-state index in [1.165, 1.54) is 29.5 Å². The molecule has 0 aliphatic carbocycles. The standard InChI is InChI=1S/C19H23FN4O4S.C6H4ClF.H2OS/c1-2-28-19(27)13-9-22-17(18-21-6-8-29-18)23-15(13)11-24-7-5-12(14(20)10-24)3-4-16(25)26;7-5-2-1-3-6(8)4-5;1-2/h3-4,6,8,12,14H,2,5,7,9-11H2,1H3,(H,22,23)(H,25,26);1-4H;1-2H/b4-3+;;. The summed E-state index contributed by atoms with van der Waals surface area (Å²) in [6, 6.07) is 5.82. The van der Waals surface area contributed by atoms with Crippen LogP contribution in [0, 0.1) is 11.7 Å². The number of aromatic nitrogens is 1. The number of thiazole rings is 1. The van der Waals surface area contributed by atoms with Gasteiger partial charge in [-0.2, -0.15) is 0 Å². The van der Waals surface area contributed by atoms with Gasteiger partial charge in [0, 0.05) is 47.4 Å². The van der Waals surface area contributed by atoms with E-state index in [0.717, 1.165) is 6.08 Å². The fourth-order valence-corrected chi connectivity index (χ4v) is 4.53. The average Bonchev–Trinajstić information content (AvgIpc) is 3.45. The van der Waals surface area contributed by atoms with Crippen LogP contribution < -0.4 is 5.32 Å². The van der Waals surface area contributed by atoms with Gasteiger partial charge in [-0.05, 0) is 51.0 Å². The Balaban J connectivity index is 0.000000451. The maximum absolute atomic E-state index is 14.5. The van der Waals surface area contributed by atoms with Crippen molar-refractivity contribution in [2.75, 3.05) is 32.8 Å². The van der Waals surface area contributed by atoms with E-state index >= 15 is 0 Å². The zero-order valence-corrected chi connectivity index (χ0v) is 23.4. The lowest BCUT2D eigenvalue weighted by atomic mass is 9.94. The molecule has 1 aromatic heterocycles. The van der Waals surface area contributed by atoms with Crippen molar-refractivity contribution in [3.8, 4) is 0 Å². The molecule has 1 aromatic carbocycles. The van der Waals surface area contributed by atoms with Gasteiger partial charge in [0.05, 0.1) is 18.7 Å². The molecule has 2 aliphatic heterocycles. The second-order valence-corrected chi connectivity index (χ2v) is 9.48. The van der Waals surface area contributed by atoms with Gasteiger partial charge in [0.2, 0.25) is 0 Å². The lowest BCUT2D eigenvalue weighted by Gasteiger charge is -2.34. The number of halogens is 3. The number of piperidine rings is 1. The fraction of sp³-hybridized carbons (Fsp3) is 0.360. The molecule has 0 bridgehead atoms. The Morgan fingerprint density at radius 2 is 2.15 bits per heavy atom. The van der Waals surface area contributed by atoms with Gasteiger partial charge in [-0.25, -0.2) is 23.4 Å². The topological polar surface area (TPSA) is 124 Å². The molecule has 9 nitrogen and oxygen atoms in total. The van der Waals surface area contributed by atoms with Gasteiger partial charge in [0.15, 0.2) is 10.8 Å². The number of rotatable bonds is 7. The van der Waals surface area contributed by atoms with Crippen molar-refractivity contribution in [3.05, 3.63) is 75.1 Å². The summed E-state index contributed by atoms with van der Waals surface area (Å²) in [6.45, 7) is 3.25. The van der Waals surface area contributed by atoms with Crippen molar-refractivity contribution in [3.63, 3.8) is 0 Å². The predicted molar refractivity (Wildman–Crippen MR) is 150 cm³/mol. The van der Waals surface area contributed by atoms with Crippen molar-refractivity contribution >= 4 is 53.6 Å². The number of amidine groups is 1. The molecule has 212 valence electrons. The van der Waals surface area contributed by atoms with Crippen LogP contribution in [-0.2, 0) is 14.3 Å². The Bertz CT molecular complexity index is 1160. The number of carboxylic acids is 1. The molecule has 39 heavy (non-hydrogen) atoms. The lowest BCUT2D eigenvalue weighted by Crippen LogP contribution is -2.45. The van der Waals surface area contributed by atoms with Gasteiger partial charge >= 0.3 is 11.9 Å². The Hall–Kier alpha value is -2.84. The van der Waals surface area contributed by atoms with Gasteiger partial charge in [-0.1, -0.05) is 23.7 Å². The van der Waals surface area contributed by atoms with Gasteiger partial charge in [0.25, 0.3) is 0 Å². The first-order valence-corrected chi connectivity index (χ1v) is 13.4. The highest BCUT2D eigenvalue weighted by atomic mass is 35.5. The summed E-state index contributed by atoms with van der Waals surface area (Å²) in [5.41, 5.74) is 1.06. The quantitative estimate of drug-likeness (QED) is 0.158. The number of aliphatic carboxylic acids is 1. The van der Waals surface area contributed by atoms with Crippen LogP contribution in [0.15, 0.2) is 64.3 Å². The number of carbonyl (C=O) groups excluding carboxylic acids is 1. The van der Waals surface area contributed by atoms with Gasteiger partial charge in [-0.15, -0.1) is 11.3 Å². The molecule has 1 saturated heterocycles. The predicted octanol–water partition coefficient (Wildman–Crippen LogP) is 4.48. The number of esters is 1. The van der Waals surface area contributed by atoms with Crippen LogP contribution in [0.4, 0.5) is 8.78 Å². The number of allylic oxidation sites excluding steroid dienone is 1. The number of aliphatic imine (C=N–C) groups is 1. The van der Waals surface area contributed by atoms with E-state index in [0.29, 0.717) is 46.6 Å². The van der Waals surface area contributed by atoms with E-state index in [2.05, 4.69) is 28.2 Å². The molecule has 3 heterocycles. The number of nitrogens with one attached hydrogen (secondary N) is 1.